The Morgan fingerprint density at radius 2 is 1.77 bits per heavy atom. The van der Waals surface area contributed by atoms with Crippen LogP contribution < -0.4 is 0 Å². The number of nitriles is 3. The van der Waals surface area contributed by atoms with Gasteiger partial charge in [0.05, 0.1) is 0 Å². The molecule has 2 heterocycles. The Bertz CT molecular complexity index is 1130. The molecule has 0 aromatic carbocycles. The summed E-state index contributed by atoms with van der Waals surface area (Å²) < 4.78 is 5.75. The lowest BCUT2D eigenvalue weighted by Crippen LogP contribution is -2.20. The maximum absolute atomic E-state index is 9.55. The normalized spacial score (nSPS) is 20.1. The Hall–Kier alpha value is -4.01. The van der Waals surface area contributed by atoms with Gasteiger partial charge >= 0.3 is 0 Å². The Labute approximate surface area is 183 Å². The van der Waals surface area contributed by atoms with Gasteiger partial charge in [0.15, 0.2) is 11.3 Å². The van der Waals surface area contributed by atoms with Gasteiger partial charge in [0.25, 0.3) is 0 Å². The number of fused-ring (bicyclic) bond motifs is 1. The van der Waals surface area contributed by atoms with Crippen molar-refractivity contribution in [3.05, 3.63) is 94.1 Å². The van der Waals surface area contributed by atoms with Crippen molar-refractivity contribution in [2.24, 2.45) is 0 Å². The fraction of sp³-hybridized carbons (Fsp3) is 0.269. The lowest BCUT2D eigenvalue weighted by Gasteiger charge is -2.25. The average molecular weight is 409 g/mol. The highest BCUT2D eigenvalue weighted by molar-refractivity contribution is 5.60. The minimum Gasteiger partial charge on any atom is -0.480 e. The monoisotopic (exact) mass is 408 g/mol. The highest BCUT2D eigenvalue weighted by atomic mass is 16.5. The van der Waals surface area contributed by atoms with Crippen LogP contribution in [-0.2, 0) is 4.74 Å². The minimum atomic E-state index is -0.794. The SMILES string of the molecule is CN1C=CC2=C(/C=C/C=C/C=C/C3=C(C#N)C(=C(C#N)C#N)OC3(C)C)CCCC2=C1. The molecule has 0 atom stereocenters. The molecule has 1 aliphatic carbocycles. The van der Waals surface area contributed by atoms with Crippen molar-refractivity contribution < 1.29 is 4.74 Å². The number of nitrogens with zero attached hydrogens (tertiary/aromatic N) is 4. The zero-order chi connectivity index (χ0) is 22.4. The molecule has 0 unspecified atom stereocenters. The van der Waals surface area contributed by atoms with Crippen molar-refractivity contribution in [2.75, 3.05) is 7.05 Å². The predicted molar refractivity (Wildman–Crippen MR) is 119 cm³/mol. The third-order valence-electron chi connectivity index (χ3n) is 5.38. The zero-order valence-electron chi connectivity index (χ0n) is 18.0. The molecule has 5 nitrogen and oxygen atoms in total. The van der Waals surface area contributed by atoms with Gasteiger partial charge in [-0.05, 0) is 55.9 Å². The maximum atomic E-state index is 9.55. The predicted octanol–water partition coefficient (Wildman–Crippen LogP) is 5.41. The molecule has 2 aliphatic heterocycles. The van der Waals surface area contributed by atoms with Crippen LogP contribution >= 0.6 is 0 Å². The number of allylic oxidation sites excluding steroid dienone is 11. The van der Waals surface area contributed by atoms with E-state index < -0.39 is 5.60 Å². The van der Waals surface area contributed by atoms with Crippen molar-refractivity contribution in [3.63, 3.8) is 0 Å². The first-order chi connectivity index (χ1) is 14.9. The molecule has 3 aliphatic rings. The van der Waals surface area contributed by atoms with Crippen LogP contribution in [0.3, 0.4) is 0 Å². The Morgan fingerprint density at radius 3 is 2.45 bits per heavy atom. The second kappa shape index (κ2) is 9.21. The quantitative estimate of drug-likeness (QED) is 0.459. The van der Waals surface area contributed by atoms with Crippen molar-refractivity contribution in [2.45, 2.75) is 38.7 Å². The molecule has 0 saturated carbocycles. The molecule has 0 aromatic rings. The van der Waals surface area contributed by atoms with Crippen molar-refractivity contribution >= 4 is 0 Å². The van der Waals surface area contributed by atoms with E-state index in [9.17, 15) is 5.26 Å². The molecule has 154 valence electrons. The highest BCUT2D eigenvalue weighted by Gasteiger charge is 2.38. The van der Waals surface area contributed by atoms with Crippen LogP contribution in [0.2, 0.25) is 0 Å². The smallest absolute Gasteiger partial charge is 0.172 e. The molecule has 5 heteroatoms. The van der Waals surface area contributed by atoms with E-state index >= 15 is 0 Å². The van der Waals surface area contributed by atoms with Crippen LogP contribution in [0.4, 0.5) is 0 Å². The Kier molecular flexibility index (Phi) is 6.44. The molecule has 0 bridgehead atoms. The van der Waals surface area contributed by atoms with Crippen LogP contribution in [0.25, 0.3) is 0 Å². The number of rotatable bonds is 4. The molecule has 0 N–H and O–H groups in total. The summed E-state index contributed by atoms with van der Waals surface area (Å²) in [5, 5.41) is 27.8. The molecule has 0 saturated heterocycles. The van der Waals surface area contributed by atoms with E-state index in [1.165, 1.54) is 16.7 Å². The van der Waals surface area contributed by atoms with Crippen LogP contribution in [0.1, 0.15) is 33.1 Å². The zero-order valence-corrected chi connectivity index (χ0v) is 18.0. The van der Waals surface area contributed by atoms with Gasteiger partial charge in [-0.2, -0.15) is 15.8 Å². The van der Waals surface area contributed by atoms with Crippen molar-refractivity contribution in [1.82, 2.24) is 4.90 Å². The first kappa shape index (κ1) is 21.7. The lowest BCUT2D eigenvalue weighted by atomic mass is 9.86. The van der Waals surface area contributed by atoms with Gasteiger partial charge in [-0.25, -0.2) is 0 Å². The molecule has 31 heavy (non-hydrogen) atoms. The van der Waals surface area contributed by atoms with E-state index in [2.05, 4.69) is 35.5 Å². The van der Waals surface area contributed by atoms with Gasteiger partial charge in [-0.3, -0.25) is 0 Å². The summed E-state index contributed by atoms with van der Waals surface area (Å²) in [6.45, 7) is 3.62. The second-order valence-electron chi connectivity index (χ2n) is 7.97. The van der Waals surface area contributed by atoms with Gasteiger partial charge < -0.3 is 9.64 Å². The molecule has 3 rings (SSSR count). The fourth-order valence-corrected chi connectivity index (χ4v) is 3.88. The van der Waals surface area contributed by atoms with E-state index in [4.69, 9.17) is 15.3 Å². The number of hydrogen-bond acceptors (Lipinski definition) is 5. The molecule has 0 radical (unpaired) electrons. The summed E-state index contributed by atoms with van der Waals surface area (Å²) in [7, 11) is 2.05. The highest BCUT2D eigenvalue weighted by Crippen LogP contribution is 2.40. The van der Waals surface area contributed by atoms with E-state index in [1.807, 2.05) is 45.2 Å². The summed E-state index contributed by atoms with van der Waals surface area (Å²) in [6.07, 6.45) is 21.4. The van der Waals surface area contributed by atoms with Crippen LogP contribution in [0, 0.1) is 34.0 Å². The fourth-order valence-electron chi connectivity index (χ4n) is 3.88. The molecule has 0 spiro atoms. The summed E-state index contributed by atoms with van der Waals surface area (Å²) in [4.78, 5) is 2.09. The first-order valence-electron chi connectivity index (χ1n) is 10.2. The summed E-state index contributed by atoms with van der Waals surface area (Å²) >= 11 is 0. The molecule has 0 aromatic heterocycles. The van der Waals surface area contributed by atoms with E-state index in [1.54, 1.807) is 18.2 Å². The molecular formula is C26H24N4O. The van der Waals surface area contributed by atoms with Crippen LogP contribution in [-0.4, -0.2) is 17.5 Å². The van der Waals surface area contributed by atoms with Crippen LogP contribution in [0.5, 0.6) is 0 Å². The first-order valence-corrected chi connectivity index (χ1v) is 10.2. The average Bonchev–Trinajstić information content (AvgIpc) is 3.00. The summed E-state index contributed by atoms with van der Waals surface area (Å²) in [5.41, 5.74) is 3.93. The second-order valence-corrected chi connectivity index (χ2v) is 7.97. The number of hydrogen-bond donors (Lipinski definition) is 0. The van der Waals surface area contributed by atoms with Gasteiger partial charge in [0, 0.05) is 25.0 Å². The lowest BCUT2D eigenvalue weighted by molar-refractivity contribution is 0.0954. The number of ether oxygens (including phenoxy) is 1. The van der Waals surface area contributed by atoms with Gasteiger partial charge in [0.1, 0.15) is 29.4 Å². The molecular weight excluding hydrogens is 384 g/mol. The third kappa shape index (κ3) is 4.61. The van der Waals surface area contributed by atoms with Crippen molar-refractivity contribution in [3.8, 4) is 18.2 Å². The maximum Gasteiger partial charge on any atom is 0.172 e. The van der Waals surface area contributed by atoms with Gasteiger partial charge in [-0.1, -0.05) is 36.5 Å². The largest absolute Gasteiger partial charge is 0.480 e. The van der Waals surface area contributed by atoms with Gasteiger partial charge in [0.2, 0.25) is 0 Å². The third-order valence-corrected chi connectivity index (χ3v) is 5.38. The van der Waals surface area contributed by atoms with E-state index in [-0.39, 0.29) is 16.9 Å². The van der Waals surface area contributed by atoms with Crippen LogP contribution in [0.15, 0.2) is 94.1 Å². The standard InChI is InChI=1S/C26H24N4O/c1-26(2)24(23(17-29)25(31-26)21(15-27)16-28)12-7-5-4-6-9-19-10-8-11-20-18-30(3)14-13-22(19)20/h4-7,9,12-14,18H,8,10-11H2,1-3H3/b5-4+,9-6+,12-7+. The Balaban J connectivity index is 1.78. The molecule has 0 amide bonds. The molecule has 0 fully saturated rings. The summed E-state index contributed by atoms with van der Waals surface area (Å²) in [6, 6.07) is 5.68. The van der Waals surface area contributed by atoms with E-state index in [0.717, 1.165) is 19.3 Å². The minimum absolute atomic E-state index is 0.0572. The topological polar surface area (TPSA) is 83.8 Å². The van der Waals surface area contributed by atoms with Gasteiger partial charge in [-0.15, -0.1) is 0 Å². The summed E-state index contributed by atoms with van der Waals surface area (Å²) in [5.74, 6) is 0.0572. The van der Waals surface area contributed by atoms with Crippen molar-refractivity contribution in [1.29, 1.82) is 15.8 Å². The Morgan fingerprint density at radius 1 is 1.06 bits per heavy atom. The van der Waals surface area contributed by atoms with E-state index in [0.29, 0.717) is 5.57 Å².